The second-order valence-electron chi connectivity index (χ2n) is 7.34. The molecule has 0 aliphatic heterocycles. The Bertz CT molecular complexity index is 890. The number of carbonyl (C=O) groups is 2. The normalized spacial score (nSPS) is 12.8. The number of amides is 2. The number of thioether (sulfide) groups is 1. The van der Waals surface area contributed by atoms with E-state index in [-0.39, 0.29) is 30.2 Å². The average molecular weight is 502 g/mol. The van der Waals surface area contributed by atoms with Crippen molar-refractivity contribution in [2.75, 3.05) is 5.75 Å². The zero-order valence-electron chi connectivity index (χ0n) is 17.8. The third-order valence-corrected chi connectivity index (χ3v) is 6.87. The minimum absolute atomic E-state index is 0.0213. The van der Waals surface area contributed by atoms with Crippen molar-refractivity contribution in [1.29, 1.82) is 0 Å². The van der Waals surface area contributed by atoms with E-state index < -0.39 is 6.04 Å². The van der Waals surface area contributed by atoms with Crippen LogP contribution in [0.1, 0.15) is 38.3 Å². The predicted molar refractivity (Wildman–Crippen MR) is 132 cm³/mol. The van der Waals surface area contributed by atoms with E-state index in [4.69, 9.17) is 34.8 Å². The largest absolute Gasteiger partial charge is 0.352 e. The first-order valence-electron chi connectivity index (χ1n) is 10.1. The molecule has 2 atom stereocenters. The molecule has 0 bridgehead atoms. The van der Waals surface area contributed by atoms with Crippen LogP contribution in [-0.4, -0.2) is 34.6 Å². The monoisotopic (exact) mass is 500 g/mol. The van der Waals surface area contributed by atoms with Gasteiger partial charge in [-0.05, 0) is 50.1 Å². The lowest BCUT2D eigenvalue weighted by atomic mass is 10.1. The van der Waals surface area contributed by atoms with Gasteiger partial charge < -0.3 is 10.2 Å². The molecule has 2 aromatic carbocycles. The molecule has 4 nitrogen and oxygen atoms in total. The van der Waals surface area contributed by atoms with Gasteiger partial charge in [0, 0.05) is 39.0 Å². The Balaban J connectivity index is 2.15. The van der Waals surface area contributed by atoms with Gasteiger partial charge in [-0.2, -0.15) is 0 Å². The standard InChI is InChI=1S/C23H27Cl3N2O2S/c1-4-15(2)27-23(30)16(3)28(12-19-20(25)9-6-10-21(19)26)22(29)14-31-13-17-7-5-8-18(24)11-17/h5-11,15-16H,4,12-14H2,1-3H3,(H,27,30)/t15-,16+/m0/s1. The molecule has 31 heavy (non-hydrogen) atoms. The number of nitrogens with zero attached hydrogens (tertiary/aromatic N) is 1. The molecule has 0 aliphatic rings. The Morgan fingerprint density at radius 2 is 1.71 bits per heavy atom. The highest BCUT2D eigenvalue weighted by Gasteiger charge is 2.27. The third-order valence-electron chi connectivity index (χ3n) is 4.94. The van der Waals surface area contributed by atoms with Crippen molar-refractivity contribution in [3.63, 3.8) is 0 Å². The van der Waals surface area contributed by atoms with Gasteiger partial charge >= 0.3 is 0 Å². The summed E-state index contributed by atoms with van der Waals surface area (Å²) in [5, 5.41) is 4.54. The van der Waals surface area contributed by atoms with Gasteiger partial charge in [0.1, 0.15) is 6.04 Å². The van der Waals surface area contributed by atoms with Gasteiger partial charge in [-0.3, -0.25) is 9.59 Å². The molecule has 1 N–H and O–H groups in total. The van der Waals surface area contributed by atoms with Crippen LogP contribution in [0, 0.1) is 0 Å². The Hall–Kier alpha value is -1.40. The maximum Gasteiger partial charge on any atom is 0.242 e. The fraction of sp³-hybridized carbons (Fsp3) is 0.391. The van der Waals surface area contributed by atoms with Crippen LogP contribution in [0.2, 0.25) is 15.1 Å². The Morgan fingerprint density at radius 1 is 1.06 bits per heavy atom. The summed E-state index contributed by atoms with van der Waals surface area (Å²) in [6, 6.07) is 12.1. The van der Waals surface area contributed by atoms with Crippen LogP contribution in [0.3, 0.4) is 0 Å². The van der Waals surface area contributed by atoms with Crippen LogP contribution >= 0.6 is 46.6 Å². The predicted octanol–water partition coefficient (Wildman–Crippen LogP) is 6.21. The van der Waals surface area contributed by atoms with Gasteiger partial charge in [-0.1, -0.05) is 59.9 Å². The maximum atomic E-state index is 13.1. The quantitative estimate of drug-likeness (QED) is 0.421. The number of hydrogen-bond donors (Lipinski definition) is 1. The molecule has 0 heterocycles. The van der Waals surface area contributed by atoms with E-state index in [1.54, 1.807) is 25.1 Å². The summed E-state index contributed by atoms with van der Waals surface area (Å²) in [4.78, 5) is 27.4. The minimum atomic E-state index is -0.666. The number of carbonyl (C=O) groups excluding carboxylic acids is 2. The summed E-state index contributed by atoms with van der Waals surface area (Å²) < 4.78 is 0. The molecular formula is C23H27Cl3N2O2S. The number of halogens is 3. The van der Waals surface area contributed by atoms with Crippen LogP contribution in [-0.2, 0) is 21.9 Å². The summed E-state index contributed by atoms with van der Waals surface area (Å²) in [5.41, 5.74) is 1.66. The maximum absolute atomic E-state index is 13.1. The Morgan fingerprint density at radius 3 is 2.32 bits per heavy atom. The minimum Gasteiger partial charge on any atom is -0.352 e. The van der Waals surface area contributed by atoms with Gasteiger partial charge in [0.2, 0.25) is 11.8 Å². The van der Waals surface area contributed by atoms with E-state index >= 15 is 0 Å². The summed E-state index contributed by atoms with van der Waals surface area (Å²) in [6.07, 6.45) is 0.804. The molecule has 2 rings (SSSR count). The molecule has 0 unspecified atom stereocenters. The highest BCUT2D eigenvalue weighted by Crippen LogP contribution is 2.27. The molecule has 0 aromatic heterocycles. The van der Waals surface area contributed by atoms with Crippen LogP contribution < -0.4 is 5.32 Å². The van der Waals surface area contributed by atoms with E-state index in [1.807, 2.05) is 38.1 Å². The topological polar surface area (TPSA) is 49.4 Å². The van der Waals surface area contributed by atoms with Crippen LogP contribution in [0.4, 0.5) is 0 Å². The first-order valence-corrected chi connectivity index (χ1v) is 12.4. The highest BCUT2D eigenvalue weighted by atomic mass is 35.5. The third kappa shape index (κ3) is 7.90. The fourth-order valence-corrected chi connectivity index (χ4v) is 4.46. The Kier molecular flexibility index (Phi) is 10.5. The summed E-state index contributed by atoms with van der Waals surface area (Å²) in [6.45, 7) is 5.81. The smallest absolute Gasteiger partial charge is 0.242 e. The van der Waals surface area contributed by atoms with Crippen molar-refractivity contribution in [2.45, 2.75) is 51.6 Å². The van der Waals surface area contributed by atoms with Crippen LogP contribution in [0.5, 0.6) is 0 Å². The van der Waals surface area contributed by atoms with Gasteiger partial charge in [-0.15, -0.1) is 11.8 Å². The van der Waals surface area contributed by atoms with Crippen molar-refractivity contribution >= 4 is 58.4 Å². The average Bonchev–Trinajstić information content (AvgIpc) is 2.73. The van der Waals surface area contributed by atoms with Crippen molar-refractivity contribution in [1.82, 2.24) is 10.2 Å². The lowest BCUT2D eigenvalue weighted by Gasteiger charge is -2.30. The van der Waals surface area contributed by atoms with Crippen LogP contribution in [0.25, 0.3) is 0 Å². The molecule has 168 valence electrons. The zero-order chi connectivity index (χ0) is 23.0. The van der Waals surface area contributed by atoms with Crippen LogP contribution in [0.15, 0.2) is 42.5 Å². The van der Waals surface area contributed by atoms with E-state index in [0.717, 1.165) is 12.0 Å². The van der Waals surface area contributed by atoms with Gasteiger partial charge in [-0.25, -0.2) is 0 Å². The second-order valence-corrected chi connectivity index (χ2v) is 9.57. The lowest BCUT2D eigenvalue weighted by Crippen LogP contribution is -2.50. The molecule has 0 fully saturated rings. The first kappa shape index (κ1) is 25.9. The lowest BCUT2D eigenvalue weighted by molar-refractivity contribution is -0.138. The SMILES string of the molecule is CC[C@H](C)NC(=O)[C@@H](C)N(Cc1c(Cl)cccc1Cl)C(=O)CSCc1cccc(Cl)c1. The van der Waals surface area contributed by atoms with Crippen molar-refractivity contribution in [2.24, 2.45) is 0 Å². The molecular weight excluding hydrogens is 475 g/mol. The molecule has 8 heteroatoms. The van der Waals surface area contributed by atoms with Crippen molar-refractivity contribution in [3.8, 4) is 0 Å². The summed E-state index contributed by atoms with van der Waals surface area (Å²) in [7, 11) is 0. The second kappa shape index (κ2) is 12.6. The summed E-state index contributed by atoms with van der Waals surface area (Å²) in [5.74, 6) is 0.496. The first-order chi connectivity index (χ1) is 14.7. The Labute approximate surface area is 203 Å². The van der Waals surface area contributed by atoms with Crippen molar-refractivity contribution in [3.05, 3.63) is 68.7 Å². The number of rotatable bonds is 10. The molecule has 0 saturated carbocycles. The fourth-order valence-electron chi connectivity index (χ4n) is 2.87. The van der Waals surface area contributed by atoms with E-state index in [9.17, 15) is 9.59 Å². The molecule has 2 amide bonds. The highest BCUT2D eigenvalue weighted by molar-refractivity contribution is 7.99. The van der Waals surface area contributed by atoms with Gasteiger partial charge in [0.15, 0.2) is 0 Å². The van der Waals surface area contributed by atoms with E-state index in [1.165, 1.54) is 16.7 Å². The molecule has 0 saturated heterocycles. The van der Waals surface area contributed by atoms with E-state index in [0.29, 0.717) is 26.4 Å². The molecule has 0 aliphatic carbocycles. The van der Waals surface area contributed by atoms with Crippen molar-refractivity contribution < 1.29 is 9.59 Å². The molecule has 0 radical (unpaired) electrons. The summed E-state index contributed by atoms with van der Waals surface area (Å²) >= 11 is 20.2. The molecule has 0 spiro atoms. The van der Waals surface area contributed by atoms with Gasteiger partial charge in [0.05, 0.1) is 5.75 Å². The molecule has 2 aromatic rings. The van der Waals surface area contributed by atoms with E-state index in [2.05, 4.69) is 5.32 Å². The number of hydrogen-bond acceptors (Lipinski definition) is 3. The number of benzene rings is 2. The zero-order valence-corrected chi connectivity index (χ0v) is 20.9. The number of nitrogens with one attached hydrogen (secondary N) is 1. The van der Waals surface area contributed by atoms with Gasteiger partial charge in [0.25, 0.3) is 0 Å².